The molecule has 1 rings (SSSR count). The summed E-state index contributed by atoms with van der Waals surface area (Å²) in [5.74, 6) is 0.611. The lowest BCUT2D eigenvalue weighted by atomic mass is 10.3. The monoisotopic (exact) mass is 231 g/mol. The Hall–Kier alpha value is -1.40. The predicted octanol–water partition coefficient (Wildman–Crippen LogP) is -0.556. The molecule has 0 bridgehead atoms. The Bertz CT molecular complexity index is 331. The van der Waals surface area contributed by atoms with Crippen molar-refractivity contribution in [2.45, 2.75) is 19.5 Å². The summed E-state index contributed by atoms with van der Waals surface area (Å²) in [5.41, 5.74) is 10.8. The standard InChI is InChI=1S/C8H13N5O.ClH/c1-5(9)8(14)12-4-7-11-3-2-6(10)13-7;/h2-3,5H,4,9H2,1H3,(H,12,14)(H2,10,11,13);1H/t5-;/m1./s1. The highest BCUT2D eigenvalue weighted by molar-refractivity contribution is 5.85. The molecule has 1 amide bonds. The molecular formula is C8H14ClN5O. The third-order valence-electron chi connectivity index (χ3n) is 1.56. The second kappa shape index (κ2) is 6.15. The van der Waals surface area contributed by atoms with Crippen molar-refractivity contribution in [3.05, 3.63) is 18.1 Å². The van der Waals surface area contributed by atoms with Gasteiger partial charge in [0.2, 0.25) is 5.91 Å². The van der Waals surface area contributed by atoms with E-state index in [4.69, 9.17) is 11.5 Å². The van der Waals surface area contributed by atoms with Crippen molar-refractivity contribution in [3.8, 4) is 0 Å². The van der Waals surface area contributed by atoms with Crippen LogP contribution in [0.15, 0.2) is 12.3 Å². The van der Waals surface area contributed by atoms with Crippen LogP contribution < -0.4 is 16.8 Å². The fourth-order valence-electron chi connectivity index (χ4n) is 0.827. The Morgan fingerprint density at radius 2 is 2.33 bits per heavy atom. The second-order valence-electron chi connectivity index (χ2n) is 2.90. The summed E-state index contributed by atoms with van der Waals surface area (Å²) >= 11 is 0. The van der Waals surface area contributed by atoms with Gasteiger partial charge >= 0.3 is 0 Å². The first-order chi connectivity index (χ1) is 6.59. The summed E-state index contributed by atoms with van der Waals surface area (Å²) in [7, 11) is 0. The molecule has 1 heterocycles. The van der Waals surface area contributed by atoms with Gasteiger partial charge in [-0.25, -0.2) is 9.97 Å². The van der Waals surface area contributed by atoms with Crippen molar-refractivity contribution in [1.29, 1.82) is 0 Å². The van der Waals surface area contributed by atoms with Gasteiger partial charge in [0.15, 0.2) is 0 Å². The highest BCUT2D eigenvalue weighted by atomic mass is 35.5. The van der Waals surface area contributed by atoms with Gasteiger partial charge in [0.25, 0.3) is 0 Å². The van der Waals surface area contributed by atoms with Crippen molar-refractivity contribution in [1.82, 2.24) is 15.3 Å². The molecular weight excluding hydrogens is 218 g/mol. The molecule has 1 aromatic rings. The van der Waals surface area contributed by atoms with Crippen LogP contribution in [-0.4, -0.2) is 21.9 Å². The third-order valence-corrected chi connectivity index (χ3v) is 1.56. The summed E-state index contributed by atoms with van der Waals surface area (Å²) < 4.78 is 0. The number of hydrogen-bond acceptors (Lipinski definition) is 5. The van der Waals surface area contributed by atoms with Gasteiger partial charge in [0.1, 0.15) is 11.6 Å². The second-order valence-corrected chi connectivity index (χ2v) is 2.90. The lowest BCUT2D eigenvalue weighted by molar-refractivity contribution is -0.122. The van der Waals surface area contributed by atoms with E-state index in [1.807, 2.05) is 0 Å². The maximum Gasteiger partial charge on any atom is 0.237 e. The smallest absolute Gasteiger partial charge is 0.237 e. The van der Waals surface area contributed by atoms with E-state index in [-0.39, 0.29) is 24.9 Å². The topological polar surface area (TPSA) is 107 Å². The van der Waals surface area contributed by atoms with E-state index >= 15 is 0 Å². The molecule has 0 unspecified atom stereocenters. The van der Waals surface area contributed by atoms with E-state index in [2.05, 4.69) is 15.3 Å². The molecule has 7 heteroatoms. The van der Waals surface area contributed by atoms with Gasteiger partial charge in [-0.05, 0) is 13.0 Å². The van der Waals surface area contributed by atoms with Gasteiger partial charge in [-0.2, -0.15) is 0 Å². The summed E-state index contributed by atoms with van der Waals surface area (Å²) in [6.07, 6.45) is 1.54. The van der Waals surface area contributed by atoms with Crippen molar-refractivity contribution < 1.29 is 4.79 Å². The normalized spacial score (nSPS) is 11.3. The van der Waals surface area contributed by atoms with E-state index in [0.29, 0.717) is 11.6 Å². The van der Waals surface area contributed by atoms with Gasteiger partial charge < -0.3 is 16.8 Å². The lowest BCUT2D eigenvalue weighted by Gasteiger charge is -2.06. The molecule has 5 N–H and O–H groups in total. The number of nitrogens with zero attached hydrogens (tertiary/aromatic N) is 2. The van der Waals surface area contributed by atoms with Crippen molar-refractivity contribution in [2.24, 2.45) is 5.73 Å². The van der Waals surface area contributed by atoms with Gasteiger partial charge in [-0.15, -0.1) is 12.4 Å². The summed E-state index contributed by atoms with van der Waals surface area (Å²) in [5, 5.41) is 2.58. The highest BCUT2D eigenvalue weighted by Gasteiger charge is 2.06. The molecule has 0 aromatic carbocycles. The van der Waals surface area contributed by atoms with E-state index in [1.54, 1.807) is 13.0 Å². The number of hydrogen-bond donors (Lipinski definition) is 3. The quantitative estimate of drug-likeness (QED) is 0.647. The number of nitrogens with two attached hydrogens (primary N) is 2. The number of amides is 1. The van der Waals surface area contributed by atoms with Crippen LogP contribution in [0.25, 0.3) is 0 Å². The van der Waals surface area contributed by atoms with Gasteiger partial charge in [-0.3, -0.25) is 4.79 Å². The average Bonchev–Trinajstić information content (AvgIpc) is 2.14. The molecule has 15 heavy (non-hydrogen) atoms. The lowest BCUT2D eigenvalue weighted by Crippen LogP contribution is -2.38. The Balaban J connectivity index is 0.00000196. The van der Waals surface area contributed by atoms with Crippen LogP contribution in [0.3, 0.4) is 0 Å². The molecule has 6 nitrogen and oxygen atoms in total. The van der Waals surface area contributed by atoms with Crippen LogP contribution in [0.4, 0.5) is 5.82 Å². The van der Waals surface area contributed by atoms with Gasteiger partial charge in [0, 0.05) is 6.20 Å². The van der Waals surface area contributed by atoms with Crippen molar-refractivity contribution >= 4 is 24.1 Å². The molecule has 0 saturated carbocycles. The highest BCUT2D eigenvalue weighted by Crippen LogP contribution is 1.95. The minimum absolute atomic E-state index is 0. The van der Waals surface area contributed by atoms with Crippen LogP contribution in [-0.2, 0) is 11.3 Å². The molecule has 0 aliphatic heterocycles. The van der Waals surface area contributed by atoms with E-state index in [0.717, 1.165) is 0 Å². The first-order valence-electron chi connectivity index (χ1n) is 4.20. The maximum absolute atomic E-state index is 11.1. The van der Waals surface area contributed by atoms with Crippen molar-refractivity contribution in [3.63, 3.8) is 0 Å². The predicted molar refractivity (Wildman–Crippen MR) is 59.2 cm³/mol. The minimum Gasteiger partial charge on any atom is -0.384 e. The van der Waals surface area contributed by atoms with Crippen LogP contribution in [0.2, 0.25) is 0 Å². The largest absolute Gasteiger partial charge is 0.384 e. The maximum atomic E-state index is 11.1. The fraction of sp³-hybridized carbons (Fsp3) is 0.375. The molecule has 1 atom stereocenters. The fourth-order valence-corrected chi connectivity index (χ4v) is 0.827. The zero-order valence-electron chi connectivity index (χ0n) is 8.30. The zero-order chi connectivity index (χ0) is 10.6. The Morgan fingerprint density at radius 1 is 1.67 bits per heavy atom. The molecule has 84 valence electrons. The van der Waals surface area contributed by atoms with Crippen molar-refractivity contribution in [2.75, 3.05) is 5.73 Å². The van der Waals surface area contributed by atoms with E-state index in [9.17, 15) is 4.79 Å². The van der Waals surface area contributed by atoms with Crippen LogP contribution in [0.1, 0.15) is 12.7 Å². The molecule has 0 saturated heterocycles. The molecule has 0 fully saturated rings. The Labute approximate surface area is 93.9 Å². The number of nitrogen functional groups attached to an aromatic ring is 1. The average molecular weight is 232 g/mol. The summed E-state index contributed by atoms with van der Waals surface area (Å²) in [6, 6.07) is 1.05. The molecule has 0 spiro atoms. The zero-order valence-corrected chi connectivity index (χ0v) is 9.12. The van der Waals surface area contributed by atoms with Crippen LogP contribution in [0, 0.1) is 0 Å². The number of nitrogens with one attached hydrogen (secondary N) is 1. The third kappa shape index (κ3) is 4.57. The summed E-state index contributed by atoms with van der Waals surface area (Å²) in [4.78, 5) is 18.9. The van der Waals surface area contributed by atoms with Crippen LogP contribution in [0.5, 0.6) is 0 Å². The van der Waals surface area contributed by atoms with Crippen LogP contribution >= 0.6 is 12.4 Å². The number of carbonyl (C=O) groups excluding carboxylic acids is 1. The SMILES string of the molecule is C[C@@H](N)C(=O)NCc1nccc(N)n1.Cl. The van der Waals surface area contributed by atoms with E-state index in [1.165, 1.54) is 6.20 Å². The first kappa shape index (κ1) is 13.6. The summed E-state index contributed by atoms with van der Waals surface area (Å²) in [6.45, 7) is 1.85. The number of carbonyl (C=O) groups is 1. The molecule has 0 aliphatic rings. The number of anilines is 1. The number of rotatable bonds is 3. The molecule has 0 radical (unpaired) electrons. The number of halogens is 1. The first-order valence-corrected chi connectivity index (χ1v) is 4.20. The van der Waals surface area contributed by atoms with Gasteiger partial charge in [0.05, 0.1) is 12.6 Å². The molecule has 1 aromatic heterocycles. The Morgan fingerprint density at radius 3 is 2.87 bits per heavy atom. The molecule has 0 aliphatic carbocycles. The Kier molecular flexibility index (Phi) is 5.58. The minimum atomic E-state index is -0.531. The number of aromatic nitrogens is 2. The van der Waals surface area contributed by atoms with Gasteiger partial charge in [-0.1, -0.05) is 0 Å². The van der Waals surface area contributed by atoms with E-state index < -0.39 is 6.04 Å².